The fourth-order valence-electron chi connectivity index (χ4n) is 0.306. The molecule has 0 aromatic rings. The molecular weight excluding hydrogens is 242 g/mol. The van der Waals surface area contributed by atoms with Gasteiger partial charge in [-0.25, -0.2) is 14.0 Å². The molecule has 0 saturated heterocycles. The van der Waals surface area contributed by atoms with E-state index in [1.165, 1.54) is 6.92 Å². The molecule has 2 unspecified atom stereocenters. The lowest BCUT2D eigenvalue weighted by Crippen LogP contribution is -2.12. The average molecular weight is 252 g/mol. The molecule has 14 heavy (non-hydrogen) atoms. The van der Waals surface area contributed by atoms with Gasteiger partial charge in [0.15, 0.2) is 0 Å². The Balaban J connectivity index is 4.09. The minimum absolute atomic E-state index is 0.504. The van der Waals surface area contributed by atoms with Crippen molar-refractivity contribution < 1.29 is 42.8 Å². The number of aliphatic hydroxyl groups excluding tert-OH is 1. The fourth-order valence-corrected chi connectivity index (χ4v) is 1.75. The maximum absolute atomic E-state index is 10.7. The van der Waals surface area contributed by atoms with Crippen LogP contribution in [0.2, 0.25) is 0 Å². The molecular formula is C3H10O9P2. The van der Waals surface area contributed by atoms with E-state index in [-0.39, 0.29) is 0 Å². The van der Waals surface area contributed by atoms with Crippen LogP contribution in [0.15, 0.2) is 0 Å². The minimum atomic E-state index is -5.14. The second-order valence-corrected chi connectivity index (χ2v) is 4.93. The molecule has 0 spiro atoms. The molecule has 0 aliphatic carbocycles. The Morgan fingerprint density at radius 1 is 1.29 bits per heavy atom. The first-order valence-corrected chi connectivity index (χ1v) is 6.24. The summed E-state index contributed by atoms with van der Waals surface area (Å²) >= 11 is 0. The number of aliphatic hydroxyl groups is 1. The monoisotopic (exact) mass is 252 g/mol. The Kier molecular flexibility index (Phi) is 5.38. The van der Waals surface area contributed by atoms with E-state index in [1.807, 2.05) is 0 Å². The van der Waals surface area contributed by atoms with E-state index in [9.17, 15) is 9.13 Å². The molecule has 0 saturated carbocycles. The first-order chi connectivity index (χ1) is 6.16. The number of hydrogen-bond acceptors (Lipinski definition) is 6. The molecule has 2 atom stereocenters. The van der Waals surface area contributed by atoms with Gasteiger partial charge < -0.3 is 19.8 Å². The van der Waals surface area contributed by atoms with Crippen LogP contribution in [-0.2, 0) is 23.0 Å². The van der Waals surface area contributed by atoms with Crippen molar-refractivity contribution in [3.05, 3.63) is 0 Å². The summed E-state index contributed by atoms with van der Waals surface area (Å²) in [5.41, 5.74) is 0. The Morgan fingerprint density at radius 3 is 2.14 bits per heavy atom. The predicted molar refractivity (Wildman–Crippen MR) is 41.7 cm³/mol. The smallest absolute Gasteiger partial charge is 0.394 e. The quantitative estimate of drug-likeness (QED) is 0.280. The third-order valence-corrected chi connectivity index (χ3v) is 2.72. The van der Waals surface area contributed by atoms with Crippen LogP contribution in [0.1, 0.15) is 6.92 Å². The molecule has 0 amide bonds. The van der Waals surface area contributed by atoms with E-state index < -0.39 is 28.4 Å². The summed E-state index contributed by atoms with van der Waals surface area (Å²) in [6.45, 7) is 0.785. The van der Waals surface area contributed by atoms with Crippen LogP contribution in [-0.4, -0.2) is 32.5 Å². The lowest BCUT2D eigenvalue weighted by Gasteiger charge is -2.13. The molecule has 0 rings (SSSR count). The summed E-state index contributed by atoms with van der Waals surface area (Å²) in [7, 11) is -10.1. The molecule has 0 aliphatic rings. The Labute approximate surface area is 79.0 Å². The van der Waals surface area contributed by atoms with Crippen LogP contribution in [0.25, 0.3) is 0 Å². The van der Waals surface area contributed by atoms with E-state index >= 15 is 0 Å². The molecule has 86 valence electrons. The molecule has 0 bridgehead atoms. The zero-order chi connectivity index (χ0) is 11.4. The SMILES string of the molecule is CC(CO)OOP(=O)(O)OP(=O)(O)O. The van der Waals surface area contributed by atoms with Crippen LogP contribution >= 0.6 is 15.6 Å². The van der Waals surface area contributed by atoms with Gasteiger partial charge in [-0.1, -0.05) is 0 Å². The largest absolute Gasteiger partial charge is 0.508 e. The first kappa shape index (κ1) is 14.2. The highest BCUT2D eigenvalue weighted by molar-refractivity contribution is 7.60. The van der Waals surface area contributed by atoms with E-state index in [4.69, 9.17) is 19.8 Å². The number of phosphoric acid groups is 2. The standard InChI is InChI=1S/C3H10O9P2/c1-3(2-4)10-11-14(8,9)12-13(5,6)7/h3-4H,2H2,1H3,(H,8,9)(H2,5,6,7). The second-order valence-electron chi connectivity index (χ2n) is 2.20. The third-order valence-electron chi connectivity index (χ3n) is 0.768. The van der Waals surface area contributed by atoms with Gasteiger partial charge >= 0.3 is 15.6 Å². The van der Waals surface area contributed by atoms with E-state index in [0.717, 1.165) is 0 Å². The number of hydrogen-bond donors (Lipinski definition) is 4. The normalized spacial score (nSPS) is 18.9. The van der Waals surface area contributed by atoms with Crippen molar-refractivity contribution in [1.29, 1.82) is 0 Å². The van der Waals surface area contributed by atoms with Crippen LogP contribution < -0.4 is 0 Å². The van der Waals surface area contributed by atoms with E-state index in [0.29, 0.717) is 0 Å². The van der Waals surface area contributed by atoms with Crippen molar-refractivity contribution in [1.82, 2.24) is 0 Å². The molecule has 11 heteroatoms. The lowest BCUT2D eigenvalue weighted by molar-refractivity contribution is -0.258. The van der Waals surface area contributed by atoms with Crippen LogP contribution in [0, 0.1) is 0 Å². The van der Waals surface area contributed by atoms with Gasteiger partial charge in [-0.2, -0.15) is 4.31 Å². The third kappa shape index (κ3) is 7.57. The van der Waals surface area contributed by atoms with Crippen LogP contribution in [0.5, 0.6) is 0 Å². The molecule has 0 radical (unpaired) electrons. The van der Waals surface area contributed by atoms with Crippen LogP contribution in [0.3, 0.4) is 0 Å². The molecule has 0 aromatic heterocycles. The van der Waals surface area contributed by atoms with Gasteiger partial charge in [0.1, 0.15) is 6.10 Å². The fraction of sp³-hybridized carbons (Fsp3) is 1.00. The summed E-state index contributed by atoms with van der Waals surface area (Å²) in [4.78, 5) is 29.0. The van der Waals surface area contributed by atoms with Crippen molar-refractivity contribution in [2.75, 3.05) is 6.61 Å². The van der Waals surface area contributed by atoms with Crippen molar-refractivity contribution in [3.63, 3.8) is 0 Å². The zero-order valence-electron chi connectivity index (χ0n) is 7.01. The maximum Gasteiger partial charge on any atom is 0.508 e. The molecule has 0 heterocycles. The zero-order valence-corrected chi connectivity index (χ0v) is 8.80. The summed E-state index contributed by atoms with van der Waals surface area (Å²) < 4.78 is 27.8. The summed E-state index contributed by atoms with van der Waals surface area (Å²) in [6.07, 6.45) is -0.934. The lowest BCUT2D eigenvalue weighted by atomic mass is 10.5. The summed E-state index contributed by atoms with van der Waals surface area (Å²) in [5.74, 6) is 0. The van der Waals surface area contributed by atoms with Gasteiger partial charge in [0.2, 0.25) is 0 Å². The van der Waals surface area contributed by atoms with Gasteiger partial charge in [0, 0.05) is 0 Å². The minimum Gasteiger partial charge on any atom is -0.394 e. The van der Waals surface area contributed by atoms with Gasteiger partial charge in [-0.15, -0.1) is 4.67 Å². The molecule has 0 fully saturated rings. The highest BCUT2D eigenvalue weighted by Crippen LogP contribution is 2.57. The molecule has 4 N–H and O–H groups in total. The van der Waals surface area contributed by atoms with E-state index in [2.05, 4.69) is 13.9 Å². The van der Waals surface area contributed by atoms with Gasteiger partial charge in [0.05, 0.1) is 6.61 Å². The maximum atomic E-state index is 10.7. The topological polar surface area (TPSA) is 143 Å². The Morgan fingerprint density at radius 2 is 1.79 bits per heavy atom. The molecule has 0 aromatic carbocycles. The number of rotatable bonds is 6. The van der Waals surface area contributed by atoms with Crippen molar-refractivity contribution in [3.8, 4) is 0 Å². The molecule has 9 nitrogen and oxygen atoms in total. The summed E-state index contributed by atoms with van der Waals surface area (Å²) in [6, 6.07) is 0. The Bertz CT molecular complexity index is 257. The van der Waals surface area contributed by atoms with E-state index in [1.54, 1.807) is 0 Å². The van der Waals surface area contributed by atoms with Crippen molar-refractivity contribution >= 4 is 15.6 Å². The van der Waals surface area contributed by atoms with Gasteiger partial charge in [0.25, 0.3) is 0 Å². The average Bonchev–Trinajstić information content (AvgIpc) is 1.96. The van der Waals surface area contributed by atoms with Gasteiger partial charge in [-0.05, 0) is 6.92 Å². The van der Waals surface area contributed by atoms with Crippen molar-refractivity contribution in [2.24, 2.45) is 0 Å². The highest BCUT2D eigenvalue weighted by Gasteiger charge is 2.34. The summed E-state index contributed by atoms with van der Waals surface area (Å²) in [5, 5.41) is 8.39. The molecule has 0 aliphatic heterocycles. The second kappa shape index (κ2) is 5.32. The van der Waals surface area contributed by atoms with Gasteiger partial charge in [-0.3, -0.25) is 0 Å². The first-order valence-electron chi connectivity index (χ1n) is 3.22. The predicted octanol–water partition coefficient (Wildman–Crippen LogP) is -0.475. The van der Waals surface area contributed by atoms with Crippen molar-refractivity contribution in [2.45, 2.75) is 13.0 Å². The van der Waals surface area contributed by atoms with Crippen LogP contribution in [0.4, 0.5) is 0 Å². The Hall–Kier alpha value is 0.180. The highest BCUT2D eigenvalue weighted by atomic mass is 31.3.